The quantitative estimate of drug-likeness (QED) is 0.822. The van der Waals surface area contributed by atoms with E-state index in [0.29, 0.717) is 31.9 Å². The number of carbonyl (C=O) groups is 2. The molecule has 2 aromatic rings. The summed E-state index contributed by atoms with van der Waals surface area (Å²) in [5.74, 6) is -1.35. The lowest BCUT2D eigenvalue weighted by Crippen LogP contribution is -2.51. The molecule has 3 rings (SSSR count). The Balaban J connectivity index is 1.40. The van der Waals surface area contributed by atoms with E-state index in [0.717, 1.165) is 0 Å². The van der Waals surface area contributed by atoms with Crippen LogP contribution in [0, 0.1) is 11.6 Å². The van der Waals surface area contributed by atoms with E-state index in [4.69, 9.17) is 4.74 Å². The van der Waals surface area contributed by atoms with Gasteiger partial charge < -0.3 is 15.0 Å². The highest BCUT2D eigenvalue weighted by Crippen LogP contribution is 2.15. The van der Waals surface area contributed by atoms with Gasteiger partial charge in [0.05, 0.1) is 6.54 Å². The summed E-state index contributed by atoms with van der Waals surface area (Å²) < 4.78 is 31.9. The van der Waals surface area contributed by atoms with E-state index >= 15 is 0 Å². The molecule has 1 aliphatic heterocycles. The van der Waals surface area contributed by atoms with Gasteiger partial charge in [-0.05, 0) is 30.3 Å². The number of benzene rings is 2. The van der Waals surface area contributed by atoms with Gasteiger partial charge in [-0.2, -0.15) is 0 Å². The molecular formula is C20H21F2N3O3. The lowest BCUT2D eigenvalue weighted by Gasteiger charge is -2.34. The highest BCUT2D eigenvalue weighted by atomic mass is 19.1. The number of carbonyl (C=O) groups excluding carboxylic acids is 2. The third kappa shape index (κ3) is 5.50. The summed E-state index contributed by atoms with van der Waals surface area (Å²) in [5.41, 5.74) is 0.407. The zero-order valence-corrected chi connectivity index (χ0v) is 15.2. The SMILES string of the molecule is O=C(CN1CCN(C(=O)COc2ccccc2F)CC1)Nc1cccc(F)c1. The van der Waals surface area contributed by atoms with E-state index in [1.807, 2.05) is 4.90 Å². The molecule has 0 saturated carbocycles. The lowest BCUT2D eigenvalue weighted by molar-refractivity contribution is -0.135. The Kier molecular flexibility index (Phi) is 6.54. The van der Waals surface area contributed by atoms with Gasteiger partial charge in [0.2, 0.25) is 5.91 Å². The standard InChI is InChI=1S/C20H21F2N3O3/c21-15-4-3-5-16(12-15)23-19(26)13-24-8-10-25(11-9-24)20(27)14-28-18-7-2-1-6-17(18)22/h1-7,12H,8-11,13-14H2,(H,23,26). The second-order valence-electron chi connectivity index (χ2n) is 6.43. The predicted molar refractivity (Wildman–Crippen MR) is 99.9 cm³/mol. The normalized spacial score (nSPS) is 14.6. The molecule has 1 heterocycles. The average Bonchev–Trinajstić information content (AvgIpc) is 2.67. The van der Waals surface area contributed by atoms with Crippen LogP contribution in [0.5, 0.6) is 5.75 Å². The van der Waals surface area contributed by atoms with E-state index in [1.54, 1.807) is 23.1 Å². The van der Waals surface area contributed by atoms with Gasteiger partial charge in [-0.3, -0.25) is 14.5 Å². The molecule has 0 aliphatic carbocycles. The second-order valence-corrected chi connectivity index (χ2v) is 6.43. The molecule has 0 atom stereocenters. The van der Waals surface area contributed by atoms with Crippen LogP contribution in [0.2, 0.25) is 0 Å². The zero-order chi connectivity index (χ0) is 19.9. The van der Waals surface area contributed by atoms with Gasteiger partial charge in [0, 0.05) is 31.9 Å². The second kappa shape index (κ2) is 9.27. The molecule has 2 aromatic carbocycles. The van der Waals surface area contributed by atoms with Gasteiger partial charge in [-0.1, -0.05) is 18.2 Å². The van der Waals surface area contributed by atoms with Crippen LogP contribution >= 0.6 is 0 Å². The molecule has 28 heavy (non-hydrogen) atoms. The van der Waals surface area contributed by atoms with Gasteiger partial charge in [0.1, 0.15) is 5.82 Å². The van der Waals surface area contributed by atoms with Crippen molar-refractivity contribution in [3.8, 4) is 5.75 Å². The molecule has 1 N–H and O–H groups in total. The lowest BCUT2D eigenvalue weighted by atomic mass is 10.3. The molecule has 2 amide bonds. The van der Waals surface area contributed by atoms with Gasteiger partial charge in [0.25, 0.3) is 5.91 Å². The number of nitrogens with zero attached hydrogens (tertiary/aromatic N) is 2. The number of nitrogens with one attached hydrogen (secondary N) is 1. The summed E-state index contributed by atoms with van der Waals surface area (Å²) in [7, 11) is 0. The first-order chi connectivity index (χ1) is 13.5. The largest absolute Gasteiger partial charge is 0.481 e. The van der Waals surface area contributed by atoms with Crippen LogP contribution in [-0.2, 0) is 9.59 Å². The number of ether oxygens (including phenoxy) is 1. The van der Waals surface area contributed by atoms with Gasteiger partial charge in [0.15, 0.2) is 18.2 Å². The van der Waals surface area contributed by atoms with E-state index < -0.39 is 11.6 Å². The smallest absolute Gasteiger partial charge is 0.260 e. The molecule has 1 saturated heterocycles. The number of hydrogen-bond acceptors (Lipinski definition) is 4. The monoisotopic (exact) mass is 389 g/mol. The molecule has 0 spiro atoms. The number of amides is 2. The van der Waals surface area contributed by atoms with Crippen LogP contribution in [0.3, 0.4) is 0 Å². The van der Waals surface area contributed by atoms with Crippen molar-refractivity contribution in [2.45, 2.75) is 0 Å². The molecule has 1 aliphatic rings. The third-order valence-electron chi connectivity index (χ3n) is 4.39. The first-order valence-corrected chi connectivity index (χ1v) is 8.94. The van der Waals surface area contributed by atoms with Crippen molar-refractivity contribution in [3.63, 3.8) is 0 Å². The minimum atomic E-state index is -0.510. The minimum absolute atomic E-state index is 0.0449. The molecule has 1 fully saturated rings. The molecular weight excluding hydrogens is 368 g/mol. The predicted octanol–water partition coefficient (Wildman–Crippen LogP) is 2.13. The maximum Gasteiger partial charge on any atom is 0.260 e. The summed E-state index contributed by atoms with van der Waals surface area (Å²) in [6, 6.07) is 11.6. The van der Waals surface area contributed by atoms with Crippen molar-refractivity contribution < 1.29 is 23.1 Å². The molecule has 0 bridgehead atoms. The summed E-state index contributed by atoms with van der Waals surface area (Å²) in [4.78, 5) is 27.9. The fraction of sp³-hybridized carbons (Fsp3) is 0.300. The van der Waals surface area contributed by atoms with E-state index in [9.17, 15) is 18.4 Å². The number of piperazine rings is 1. The minimum Gasteiger partial charge on any atom is -0.481 e. The van der Waals surface area contributed by atoms with Crippen LogP contribution in [0.4, 0.5) is 14.5 Å². The summed E-state index contributed by atoms with van der Waals surface area (Å²) >= 11 is 0. The first kappa shape index (κ1) is 19.8. The van der Waals surface area contributed by atoms with Crippen molar-refractivity contribution in [1.29, 1.82) is 0 Å². The van der Waals surface area contributed by atoms with Crippen molar-refractivity contribution in [3.05, 3.63) is 60.2 Å². The number of para-hydroxylation sites is 1. The molecule has 6 nitrogen and oxygen atoms in total. The van der Waals surface area contributed by atoms with E-state index in [1.165, 1.54) is 30.3 Å². The molecule has 0 unspecified atom stereocenters. The number of rotatable bonds is 6. The van der Waals surface area contributed by atoms with Crippen LogP contribution < -0.4 is 10.1 Å². The Labute approximate surface area is 161 Å². The number of hydrogen-bond donors (Lipinski definition) is 1. The van der Waals surface area contributed by atoms with Gasteiger partial charge >= 0.3 is 0 Å². The summed E-state index contributed by atoms with van der Waals surface area (Å²) in [5, 5.41) is 2.65. The van der Waals surface area contributed by atoms with Crippen molar-refractivity contribution in [1.82, 2.24) is 9.80 Å². The molecule has 0 radical (unpaired) electrons. The molecule has 8 heteroatoms. The summed E-state index contributed by atoms with van der Waals surface area (Å²) in [6.45, 7) is 1.88. The fourth-order valence-electron chi connectivity index (χ4n) is 2.92. The van der Waals surface area contributed by atoms with Crippen LogP contribution in [0.25, 0.3) is 0 Å². The van der Waals surface area contributed by atoms with Gasteiger partial charge in [-0.25, -0.2) is 8.78 Å². The Morgan fingerprint density at radius 1 is 1.00 bits per heavy atom. The Hall–Kier alpha value is -3.00. The van der Waals surface area contributed by atoms with Crippen LogP contribution in [0.15, 0.2) is 48.5 Å². The zero-order valence-electron chi connectivity index (χ0n) is 15.2. The highest BCUT2D eigenvalue weighted by molar-refractivity contribution is 5.92. The Bertz CT molecular complexity index is 839. The number of anilines is 1. The fourth-order valence-corrected chi connectivity index (χ4v) is 2.92. The molecule has 0 aromatic heterocycles. The number of halogens is 2. The molecule has 148 valence electrons. The average molecular weight is 389 g/mol. The maximum atomic E-state index is 13.5. The van der Waals surface area contributed by atoms with E-state index in [-0.39, 0.29) is 30.7 Å². The third-order valence-corrected chi connectivity index (χ3v) is 4.39. The van der Waals surface area contributed by atoms with Crippen LogP contribution in [-0.4, -0.2) is 60.9 Å². The van der Waals surface area contributed by atoms with Crippen molar-refractivity contribution in [2.75, 3.05) is 44.6 Å². The Morgan fingerprint density at radius 3 is 2.46 bits per heavy atom. The van der Waals surface area contributed by atoms with Crippen molar-refractivity contribution in [2.24, 2.45) is 0 Å². The van der Waals surface area contributed by atoms with Crippen molar-refractivity contribution >= 4 is 17.5 Å². The first-order valence-electron chi connectivity index (χ1n) is 8.94. The highest BCUT2D eigenvalue weighted by Gasteiger charge is 2.23. The maximum absolute atomic E-state index is 13.5. The Morgan fingerprint density at radius 2 is 1.75 bits per heavy atom. The topological polar surface area (TPSA) is 61.9 Å². The summed E-state index contributed by atoms with van der Waals surface area (Å²) in [6.07, 6.45) is 0. The van der Waals surface area contributed by atoms with E-state index in [2.05, 4.69) is 5.32 Å². The van der Waals surface area contributed by atoms with Crippen LogP contribution in [0.1, 0.15) is 0 Å². The van der Waals surface area contributed by atoms with Gasteiger partial charge in [-0.15, -0.1) is 0 Å².